The van der Waals surface area contributed by atoms with E-state index in [9.17, 15) is 21.9 Å². The number of sulfonamides is 2. The average molecular weight is 496 g/mol. The van der Waals surface area contributed by atoms with Crippen LogP contribution in [0.15, 0.2) is 58.3 Å². The van der Waals surface area contributed by atoms with Crippen LogP contribution in [0.5, 0.6) is 0 Å². The summed E-state index contributed by atoms with van der Waals surface area (Å²) in [5.41, 5.74) is 1.92. The van der Waals surface area contributed by atoms with Gasteiger partial charge in [-0.2, -0.15) is 8.61 Å². The van der Waals surface area contributed by atoms with Crippen molar-refractivity contribution in [1.82, 2.24) is 13.5 Å². The fourth-order valence-corrected chi connectivity index (χ4v) is 6.63. The topological polar surface area (TPSA) is 98.2 Å². The third kappa shape index (κ3) is 6.40. The van der Waals surface area contributed by atoms with Crippen molar-refractivity contribution in [3.05, 3.63) is 59.7 Å². The molecular formula is C23H33N3O5S2. The molecule has 8 nitrogen and oxygen atoms in total. The maximum atomic E-state index is 13.4. The number of hydrogen-bond donors (Lipinski definition) is 1. The van der Waals surface area contributed by atoms with Crippen molar-refractivity contribution in [1.29, 1.82) is 0 Å². The second-order valence-corrected chi connectivity index (χ2v) is 12.2. The Morgan fingerprint density at radius 3 is 1.39 bits per heavy atom. The van der Waals surface area contributed by atoms with Gasteiger partial charge < -0.3 is 10.0 Å². The van der Waals surface area contributed by atoms with Crippen LogP contribution >= 0.6 is 0 Å². The summed E-state index contributed by atoms with van der Waals surface area (Å²) < 4.78 is 56.2. The van der Waals surface area contributed by atoms with E-state index in [0.717, 1.165) is 11.1 Å². The van der Waals surface area contributed by atoms with Gasteiger partial charge in [-0.15, -0.1) is 0 Å². The Bertz CT molecular complexity index is 1030. The van der Waals surface area contributed by atoms with Gasteiger partial charge in [-0.1, -0.05) is 35.4 Å². The molecule has 1 N–H and O–H groups in total. The van der Waals surface area contributed by atoms with Gasteiger partial charge in [0.05, 0.1) is 9.79 Å². The number of hydrogen-bond acceptors (Lipinski definition) is 6. The fraction of sp³-hybridized carbons (Fsp3) is 0.478. The Kier molecular flexibility index (Phi) is 8.65. The lowest BCUT2D eigenvalue weighted by atomic mass is 10.2. The fourth-order valence-electron chi connectivity index (χ4n) is 3.78. The molecule has 0 bridgehead atoms. The van der Waals surface area contributed by atoms with E-state index in [1.54, 1.807) is 48.5 Å². The van der Waals surface area contributed by atoms with Gasteiger partial charge >= 0.3 is 0 Å². The zero-order chi connectivity index (χ0) is 24.1. The quantitative estimate of drug-likeness (QED) is 0.628. The lowest BCUT2D eigenvalue weighted by Crippen LogP contribution is -2.41. The smallest absolute Gasteiger partial charge is 0.243 e. The number of aliphatic hydroxyl groups is 1. The van der Waals surface area contributed by atoms with Crippen LogP contribution in [-0.4, -0.2) is 87.9 Å². The van der Waals surface area contributed by atoms with Gasteiger partial charge in [0, 0.05) is 52.4 Å². The first-order valence-corrected chi connectivity index (χ1v) is 14.0. The zero-order valence-corrected chi connectivity index (χ0v) is 20.9. The number of benzene rings is 2. The molecule has 0 radical (unpaired) electrons. The third-order valence-electron chi connectivity index (χ3n) is 5.88. The predicted molar refractivity (Wildman–Crippen MR) is 128 cm³/mol. The monoisotopic (exact) mass is 495 g/mol. The summed E-state index contributed by atoms with van der Waals surface area (Å²) >= 11 is 0. The molecule has 2 aromatic carbocycles. The van der Waals surface area contributed by atoms with Crippen LogP contribution in [0.3, 0.4) is 0 Å². The minimum absolute atomic E-state index is 0.0211. The van der Waals surface area contributed by atoms with Gasteiger partial charge in [0.1, 0.15) is 0 Å². The highest BCUT2D eigenvalue weighted by atomic mass is 32.2. The minimum atomic E-state index is -3.78. The van der Waals surface area contributed by atoms with E-state index in [4.69, 9.17) is 0 Å². The molecule has 1 heterocycles. The largest absolute Gasteiger partial charge is 0.396 e. The summed E-state index contributed by atoms with van der Waals surface area (Å²) in [6.07, 6.45) is 0.537. The van der Waals surface area contributed by atoms with E-state index in [-0.39, 0.29) is 42.6 Å². The van der Waals surface area contributed by atoms with Gasteiger partial charge in [0.25, 0.3) is 0 Å². The lowest BCUT2D eigenvalue weighted by Gasteiger charge is -2.25. The summed E-state index contributed by atoms with van der Waals surface area (Å²) in [6, 6.07) is 13.4. The summed E-state index contributed by atoms with van der Waals surface area (Å²) in [5, 5.41) is 9.24. The van der Waals surface area contributed by atoms with Gasteiger partial charge in [-0.05, 0) is 44.5 Å². The van der Waals surface area contributed by atoms with E-state index < -0.39 is 20.0 Å². The van der Waals surface area contributed by atoms with Gasteiger partial charge in [0.2, 0.25) is 20.0 Å². The Labute approximate surface area is 197 Å². The maximum Gasteiger partial charge on any atom is 0.243 e. The molecule has 0 amide bonds. The first kappa shape index (κ1) is 25.8. The minimum Gasteiger partial charge on any atom is -0.396 e. The molecule has 1 aliphatic rings. The first-order chi connectivity index (χ1) is 15.6. The Morgan fingerprint density at radius 1 is 0.667 bits per heavy atom. The second kappa shape index (κ2) is 11.1. The van der Waals surface area contributed by atoms with Crippen LogP contribution in [-0.2, 0) is 20.0 Å². The molecule has 0 aromatic heterocycles. The highest BCUT2D eigenvalue weighted by molar-refractivity contribution is 7.89. The highest BCUT2D eigenvalue weighted by Crippen LogP contribution is 2.20. The molecule has 1 fully saturated rings. The van der Waals surface area contributed by atoms with Gasteiger partial charge in [0.15, 0.2) is 0 Å². The van der Waals surface area contributed by atoms with Crippen LogP contribution in [0.4, 0.5) is 0 Å². The van der Waals surface area contributed by atoms with Crippen LogP contribution in [0.1, 0.15) is 17.5 Å². The van der Waals surface area contributed by atoms with Gasteiger partial charge in [-0.3, -0.25) is 0 Å². The number of rotatable bonds is 7. The molecule has 0 spiro atoms. The number of aliphatic hydroxyl groups excluding tert-OH is 1. The molecule has 33 heavy (non-hydrogen) atoms. The lowest BCUT2D eigenvalue weighted by molar-refractivity contribution is 0.215. The Hall–Kier alpha value is -1.82. The summed E-state index contributed by atoms with van der Waals surface area (Å²) in [4.78, 5) is 2.40. The van der Waals surface area contributed by atoms with Crippen LogP contribution in [0, 0.1) is 13.8 Å². The van der Waals surface area contributed by atoms with Crippen molar-refractivity contribution in [3.63, 3.8) is 0 Å². The molecule has 3 rings (SSSR count). The molecule has 182 valence electrons. The SMILES string of the molecule is Cc1ccc(S(=O)(=O)N2CCN(CCCO)CCN(S(=O)(=O)c3ccc(C)cc3)CC2)cc1. The molecule has 0 aliphatic carbocycles. The summed E-state index contributed by atoms with van der Waals surface area (Å²) in [6.45, 7) is 5.92. The number of aryl methyl sites for hydroxylation is 2. The van der Waals surface area contributed by atoms with Crippen molar-refractivity contribution in [2.45, 2.75) is 30.1 Å². The average Bonchev–Trinajstić information content (AvgIpc) is 2.89. The normalized spacial score (nSPS) is 17.9. The van der Waals surface area contributed by atoms with E-state index in [1.165, 1.54) is 8.61 Å². The van der Waals surface area contributed by atoms with Crippen LogP contribution < -0.4 is 0 Å². The van der Waals surface area contributed by atoms with Crippen molar-refractivity contribution in [2.75, 3.05) is 52.4 Å². The van der Waals surface area contributed by atoms with E-state index in [2.05, 4.69) is 0 Å². The Morgan fingerprint density at radius 2 is 1.03 bits per heavy atom. The molecule has 10 heteroatoms. The molecule has 0 unspecified atom stereocenters. The molecule has 0 atom stereocenters. The van der Waals surface area contributed by atoms with Crippen LogP contribution in [0.25, 0.3) is 0 Å². The maximum absolute atomic E-state index is 13.4. The van der Waals surface area contributed by atoms with Crippen LogP contribution in [0.2, 0.25) is 0 Å². The summed E-state index contributed by atoms with van der Waals surface area (Å²) in [5.74, 6) is 0. The Balaban J connectivity index is 1.90. The van der Waals surface area contributed by atoms with E-state index in [1.807, 2.05) is 18.7 Å². The second-order valence-electron chi connectivity index (χ2n) is 8.35. The van der Waals surface area contributed by atoms with E-state index in [0.29, 0.717) is 26.1 Å². The standard InChI is InChI=1S/C23H33N3O5S2/c1-20-4-8-22(9-5-20)32(28,29)25-15-13-24(12-3-19-27)14-16-26(18-17-25)33(30,31)23-10-6-21(2)7-11-23/h4-11,27H,3,12-19H2,1-2H3. The van der Waals surface area contributed by atoms with Crippen molar-refractivity contribution in [3.8, 4) is 0 Å². The first-order valence-electron chi connectivity index (χ1n) is 11.1. The van der Waals surface area contributed by atoms with E-state index >= 15 is 0 Å². The molecule has 0 saturated carbocycles. The zero-order valence-electron chi connectivity index (χ0n) is 19.2. The van der Waals surface area contributed by atoms with Crippen molar-refractivity contribution < 1.29 is 21.9 Å². The highest BCUT2D eigenvalue weighted by Gasteiger charge is 2.31. The number of nitrogens with zero attached hydrogens (tertiary/aromatic N) is 3. The summed E-state index contributed by atoms with van der Waals surface area (Å²) in [7, 11) is -7.56. The molecule has 2 aromatic rings. The molecule has 1 aliphatic heterocycles. The molecule has 1 saturated heterocycles. The molecular weight excluding hydrogens is 462 g/mol. The predicted octanol–water partition coefficient (Wildman–Crippen LogP) is 1.68. The van der Waals surface area contributed by atoms with Gasteiger partial charge in [-0.25, -0.2) is 16.8 Å². The third-order valence-corrected chi connectivity index (χ3v) is 9.71. The van der Waals surface area contributed by atoms with Crippen molar-refractivity contribution >= 4 is 20.0 Å². The van der Waals surface area contributed by atoms with Crippen molar-refractivity contribution in [2.24, 2.45) is 0 Å².